The molecular formula is C18H21FN2. The number of rotatable bonds is 3. The monoisotopic (exact) mass is 284 g/mol. The van der Waals surface area contributed by atoms with E-state index in [1.54, 1.807) is 12.1 Å². The highest BCUT2D eigenvalue weighted by molar-refractivity contribution is 5.50. The summed E-state index contributed by atoms with van der Waals surface area (Å²) in [4.78, 5) is 2.39. The van der Waals surface area contributed by atoms with Crippen LogP contribution in [0, 0.1) is 5.82 Å². The summed E-state index contributed by atoms with van der Waals surface area (Å²) >= 11 is 0. The van der Waals surface area contributed by atoms with Crippen molar-refractivity contribution in [3.63, 3.8) is 0 Å². The summed E-state index contributed by atoms with van der Waals surface area (Å²) in [6, 6.07) is 18.1. The normalized spacial score (nSPS) is 22.3. The van der Waals surface area contributed by atoms with Crippen LogP contribution in [0.5, 0.6) is 0 Å². The summed E-state index contributed by atoms with van der Waals surface area (Å²) in [5, 5.41) is 3.61. The van der Waals surface area contributed by atoms with E-state index in [0.29, 0.717) is 12.1 Å². The number of halogens is 1. The van der Waals surface area contributed by atoms with Crippen LogP contribution in [0.15, 0.2) is 54.6 Å². The summed E-state index contributed by atoms with van der Waals surface area (Å²) in [5.74, 6) is -0.183. The lowest BCUT2D eigenvalue weighted by molar-refractivity contribution is 0.390. The number of hydrogen-bond donors (Lipinski definition) is 1. The Labute approximate surface area is 125 Å². The highest BCUT2D eigenvalue weighted by atomic mass is 19.1. The van der Waals surface area contributed by atoms with E-state index in [1.165, 1.54) is 5.56 Å². The minimum atomic E-state index is -0.183. The molecule has 2 unspecified atom stereocenters. The van der Waals surface area contributed by atoms with Gasteiger partial charge in [-0.1, -0.05) is 37.3 Å². The van der Waals surface area contributed by atoms with Crippen molar-refractivity contribution in [2.45, 2.75) is 25.4 Å². The van der Waals surface area contributed by atoms with Crippen LogP contribution in [0.1, 0.15) is 24.9 Å². The second kappa shape index (κ2) is 6.27. The van der Waals surface area contributed by atoms with Crippen LogP contribution in [-0.4, -0.2) is 19.1 Å². The Kier molecular flexibility index (Phi) is 4.20. The maximum absolute atomic E-state index is 13.2. The molecule has 2 nitrogen and oxygen atoms in total. The summed E-state index contributed by atoms with van der Waals surface area (Å²) in [7, 11) is 0. The maximum Gasteiger partial charge on any atom is 0.123 e. The molecule has 0 saturated carbocycles. The number of benzene rings is 2. The largest absolute Gasteiger partial charge is 0.362 e. The van der Waals surface area contributed by atoms with Crippen molar-refractivity contribution < 1.29 is 4.39 Å². The molecule has 21 heavy (non-hydrogen) atoms. The molecular weight excluding hydrogens is 263 g/mol. The number of anilines is 1. The molecule has 2 atom stereocenters. The van der Waals surface area contributed by atoms with Gasteiger partial charge in [0, 0.05) is 24.8 Å². The summed E-state index contributed by atoms with van der Waals surface area (Å²) in [5.41, 5.74) is 2.38. The first-order valence-electron chi connectivity index (χ1n) is 7.58. The van der Waals surface area contributed by atoms with Crippen LogP contribution < -0.4 is 10.2 Å². The zero-order chi connectivity index (χ0) is 14.7. The molecule has 1 aliphatic heterocycles. The lowest BCUT2D eigenvalue weighted by Crippen LogP contribution is -2.52. The van der Waals surface area contributed by atoms with Gasteiger partial charge in [0.15, 0.2) is 0 Å². The highest BCUT2D eigenvalue weighted by Gasteiger charge is 2.28. The van der Waals surface area contributed by atoms with Crippen LogP contribution in [0.2, 0.25) is 0 Å². The smallest absolute Gasteiger partial charge is 0.123 e. The summed E-state index contributed by atoms with van der Waals surface area (Å²) in [6.45, 7) is 4.06. The second-order valence-electron chi connectivity index (χ2n) is 5.57. The average molecular weight is 284 g/mol. The zero-order valence-corrected chi connectivity index (χ0v) is 12.3. The van der Waals surface area contributed by atoms with Gasteiger partial charge in [0.25, 0.3) is 0 Å². The molecule has 1 fully saturated rings. The molecule has 3 heteroatoms. The molecule has 1 heterocycles. The van der Waals surface area contributed by atoms with Crippen molar-refractivity contribution in [1.82, 2.24) is 5.32 Å². The molecule has 0 aliphatic carbocycles. The highest BCUT2D eigenvalue weighted by Crippen LogP contribution is 2.30. The predicted molar refractivity (Wildman–Crippen MR) is 85.0 cm³/mol. The van der Waals surface area contributed by atoms with E-state index < -0.39 is 0 Å². The van der Waals surface area contributed by atoms with Gasteiger partial charge in [-0.2, -0.15) is 0 Å². The van der Waals surface area contributed by atoms with Gasteiger partial charge in [-0.25, -0.2) is 4.39 Å². The third-order valence-corrected chi connectivity index (χ3v) is 4.23. The van der Waals surface area contributed by atoms with Crippen molar-refractivity contribution in [1.29, 1.82) is 0 Å². The van der Waals surface area contributed by atoms with Crippen LogP contribution >= 0.6 is 0 Å². The molecule has 2 aromatic rings. The van der Waals surface area contributed by atoms with Gasteiger partial charge in [0.1, 0.15) is 5.82 Å². The van der Waals surface area contributed by atoms with Crippen LogP contribution in [0.25, 0.3) is 0 Å². The molecule has 3 rings (SSSR count). The van der Waals surface area contributed by atoms with Gasteiger partial charge in [-0.15, -0.1) is 0 Å². The Hall–Kier alpha value is -1.87. The Bertz CT molecular complexity index is 568. The average Bonchev–Trinajstić information content (AvgIpc) is 2.56. The molecule has 2 aromatic carbocycles. The minimum absolute atomic E-state index is 0.183. The molecule has 110 valence electrons. The van der Waals surface area contributed by atoms with Crippen molar-refractivity contribution in [3.05, 3.63) is 66.0 Å². The van der Waals surface area contributed by atoms with E-state index in [2.05, 4.69) is 41.4 Å². The second-order valence-corrected chi connectivity index (χ2v) is 5.57. The minimum Gasteiger partial charge on any atom is -0.362 e. The Morgan fingerprint density at radius 3 is 2.48 bits per heavy atom. The van der Waals surface area contributed by atoms with Crippen molar-refractivity contribution >= 4 is 5.69 Å². The molecule has 0 radical (unpaired) electrons. The third-order valence-electron chi connectivity index (χ3n) is 4.23. The van der Waals surface area contributed by atoms with Gasteiger partial charge in [-0.05, 0) is 36.2 Å². The lowest BCUT2D eigenvalue weighted by atomic mass is 9.99. The predicted octanol–water partition coefficient (Wildman–Crippen LogP) is 3.76. The molecule has 0 spiro atoms. The SMILES string of the molecule is CCC1CN(c2ccc(F)cc2)C(c2ccccc2)CN1. The standard InChI is InChI=1S/C18H21FN2/c1-2-16-13-21(17-10-8-15(19)9-11-17)18(12-20-16)14-6-4-3-5-7-14/h3-11,16,18,20H,2,12-13H2,1H3. The van der Waals surface area contributed by atoms with E-state index in [9.17, 15) is 4.39 Å². The van der Waals surface area contributed by atoms with Gasteiger partial charge < -0.3 is 10.2 Å². The fourth-order valence-corrected chi connectivity index (χ4v) is 2.98. The molecule has 0 bridgehead atoms. The first-order valence-corrected chi connectivity index (χ1v) is 7.58. The Balaban J connectivity index is 1.92. The zero-order valence-electron chi connectivity index (χ0n) is 12.3. The number of nitrogens with one attached hydrogen (secondary N) is 1. The lowest BCUT2D eigenvalue weighted by Gasteiger charge is -2.42. The van der Waals surface area contributed by atoms with Gasteiger partial charge in [0.2, 0.25) is 0 Å². The van der Waals surface area contributed by atoms with E-state index in [-0.39, 0.29) is 5.82 Å². The fourth-order valence-electron chi connectivity index (χ4n) is 2.98. The molecule has 0 aromatic heterocycles. The van der Waals surface area contributed by atoms with Gasteiger partial charge in [0.05, 0.1) is 6.04 Å². The van der Waals surface area contributed by atoms with E-state index in [4.69, 9.17) is 0 Å². The van der Waals surface area contributed by atoms with E-state index in [1.807, 2.05) is 18.2 Å². The van der Waals surface area contributed by atoms with Crippen LogP contribution in [0.4, 0.5) is 10.1 Å². The molecule has 1 aliphatic rings. The van der Waals surface area contributed by atoms with Crippen LogP contribution in [0.3, 0.4) is 0 Å². The first-order chi connectivity index (χ1) is 10.3. The summed E-state index contributed by atoms with van der Waals surface area (Å²) < 4.78 is 13.2. The maximum atomic E-state index is 13.2. The fraction of sp³-hybridized carbons (Fsp3) is 0.333. The molecule has 1 N–H and O–H groups in total. The Morgan fingerprint density at radius 1 is 1.10 bits per heavy atom. The van der Waals surface area contributed by atoms with Crippen molar-refractivity contribution in [2.24, 2.45) is 0 Å². The van der Waals surface area contributed by atoms with Crippen LogP contribution in [-0.2, 0) is 0 Å². The number of nitrogens with zero attached hydrogens (tertiary/aromatic N) is 1. The Morgan fingerprint density at radius 2 is 1.81 bits per heavy atom. The first kappa shape index (κ1) is 14.1. The molecule has 0 amide bonds. The van der Waals surface area contributed by atoms with Gasteiger partial charge in [-0.3, -0.25) is 0 Å². The van der Waals surface area contributed by atoms with E-state index >= 15 is 0 Å². The van der Waals surface area contributed by atoms with E-state index in [0.717, 1.165) is 25.2 Å². The number of hydrogen-bond acceptors (Lipinski definition) is 2. The van der Waals surface area contributed by atoms with Gasteiger partial charge >= 0.3 is 0 Å². The molecule has 1 saturated heterocycles. The number of piperazine rings is 1. The van der Waals surface area contributed by atoms with Crippen molar-refractivity contribution in [3.8, 4) is 0 Å². The van der Waals surface area contributed by atoms with Crippen molar-refractivity contribution in [2.75, 3.05) is 18.0 Å². The third kappa shape index (κ3) is 3.08. The summed E-state index contributed by atoms with van der Waals surface area (Å²) in [6.07, 6.45) is 1.10. The quantitative estimate of drug-likeness (QED) is 0.923. The topological polar surface area (TPSA) is 15.3 Å².